The van der Waals surface area contributed by atoms with Crippen LogP contribution < -0.4 is 4.90 Å². The van der Waals surface area contributed by atoms with Crippen molar-refractivity contribution in [2.75, 3.05) is 31.1 Å². The topological polar surface area (TPSA) is 49.3 Å². The van der Waals surface area contributed by atoms with Crippen molar-refractivity contribution < 1.29 is 9.18 Å². The maximum Gasteiger partial charge on any atom is 0.256 e. The Balaban J connectivity index is 1.49. The number of halogens is 1. The van der Waals surface area contributed by atoms with Crippen molar-refractivity contribution in [1.82, 2.24) is 14.9 Å². The summed E-state index contributed by atoms with van der Waals surface area (Å²) in [5.41, 5.74) is 2.05. The highest BCUT2D eigenvalue weighted by atomic mass is 19.1. The maximum atomic E-state index is 13.9. The first-order chi connectivity index (χ1) is 13.6. The van der Waals surface area contributed by atoms with Gasteiger partial charge < -0.3 is 9.80 Å². The fourth-order valence-corrected chi connectivity index (χ4v) is 3.41. The van der Waals surface area contributed by atoms with Crippen molar-refractivity contribution in [2.24, 2.45) is 0 Å². The van der Waals surface area contributed by atoms with Crippen molar-refractivity contribution in [3.8, 4) is 11.3 Å². The van der Waals surface area contributed by atoms with Gasteiger partial charge in [0.2, 0.25) is 0 Å². The normalized spacial score (nSPS) is 14.2. The summed E-state index contributed by atoms with van der Waals surface area (Å²) in [5, 5.41) is 0. The van der Waals surface area contributed by atoms with Gasteiger partial charge >= 0.3 is 0 Å². The molecule has 1 amide bonds. The molecule has 0 atom stereocenters. The molecule has 5 nitrogen and oxygen atoms in total. The van der Waals surface area contributed by atoms with Crippen LogP contribution in [0.25, 0.3) is 11.3 Å². The van der Waals surface area contributed by atoms with Crippen LogP contribution in [0.4, 0.5) is 10.2 Å². The van der Waals surface area contributed by atoms with Crippen molar-refractivity contribution >= 4 is 11.7 Å². The van der Waals surface area contributed by atoms with Gasteiger partial charge in [-0.1, -0.05) is 42.5 Å². The van der Waals surface area contributed by atoms with Gasteiger partial charge in [0, 0.05) is 37.8 Å². The average Bonchev–Trinajstić information content (AvgIpc) is 2.74. The number of carbonyl (C=O) groups excluding carboxylic acids is 1. The molecule has 0 aliphatic carbocycles. The van der Waals surface area contributed by atoms with Crippen LogP contribution in [0.3, 0.4) is 0 Å². The van der Waals surface area contributed by atoms with Crippen LogP contribution >= 0.6 is 0 Å². The van der Waals surface area contributed by atoms with Crippen molar-refractivity contribution in [3.05, 3.63) is 77.9 Å². The smallest absolute Gasteiger partial charge is 0.256 e. The van der Waals surface area contributed by atoms with Crippen molar-refractivity contribution in [2.45, 2.75) is 6.92 Å². The minimum absolute atomic E-state index is 0.125. The molecule has 1 aliphatic heterocycles. The number of piperazine rings is 1. The molecule has 6 heteroatoms. The zero-order valence-corrected chi connectivity index (χ0v) is 15.7. The fraction of sp³-hybridized carbons (Fsp3) is 0.227. The molecule has 1 aromatic heterocycles. The largest absolute Gasteiger partial charge is 0.353 e. The Morgan fingerprint density at radius 1 is 0.929 bits per heavy atom. The van der Waals surface area contributed by atoms with Gasteiger partial charge in [0.1, 0.15) is 17.5 Å². The predicted molar refractivity (Wildman–Crippen MR) is 107 cm³/mol. The van der Waals surface area contributed by atoms with Gasteiger partial charge in [0.25, 0.3) is 5.91 Å². The Kier molecular flexibility index (Phi) is 5.02. The van der Waals surface area contributed by atoms with Gasteiger partial charge in [-0.3, -0.25) is 4.79 Å². The number of amides is 1. The van der Waals surface area contributed by atoms with Crippen LogP contribution in [0.5, 0.6) is 0 Å². The second kappa shape index (κ2) is 7.76. The third-order valence-electron chi connectivity index (χ3n) is 4.89. The number of hydrogen-bond donors (Lipinski definition) is 0. The summed E-state index contributed by atoms with van der Waals surface area (Å²) in [7, 11) is 0. The number of carbonyl (C=O) groups is 1. The van der Waals surface area contributed by atoms with Gasteiger partial charge in [-0.25, -0.2) is 14.4 Å². The lowest BCUT2D eigenvalue weighted by Crippen LogP contribution is -2.49. The summed E-state index contributed by atoms with van der Waals surface area (Å²) in [6.07, 6.45) is 0. The highest BCUT2D eigenvalue weighted by Gasteiger charge is 2.25. The van der Waals surface area contributed by atoms with Crippen LogP contribution in [0.15, 0.2) is 60.7 Å². The van der Waals surface area contributed by atoms with Crippen LogP contribution in [0, 0.1) is 12.7 Å². The molecule has 2 aromatic carbocycles. The van der Waals surface area contributed by atoms with E-state index >= 15 is 0 Å². The third-order valence-corrected chi connectivity index (χ3v) is 4.89. The van der Waals surface area contributed by atoms with Gasteiger partial charge in [0.15, 0.2) is 0 Å². The number of anilines is 1. The minimum Gasteiger partial charge on any atom is -0.353 e. The second-order valence-corrected chi connectivity index (χ2v) is 6.78. The zero-order chi connectivity index (χ0) is 19.5. The number of nitrogens with zero attached hydrogens (tertiary/aromatic N) is 4. The molecule has 0 N–H and O–H groups in total. The van der Waals surface area contributed by atoms with E-state index in [0.29, 0.717) is 32.0 Å². The number of rotatable bonds is 3. The van der Waals surface area contributed by atoms with Gasteiger partial charge in [0.05, 0.1) is 11.3 Å². The third kappa shape index (κ3) is 3.71. The standard InChI is InChI=1S/C22H21FN4O/c1-16-24-20(17-7-3-2-4-8-17)15-21(25-16)26-11-13-27(14-12-26)22(28)18-9-5-6-10-19(18)23/h2-10,15H,11-14H2,1H3. The molecular formula is C22H21FN4O. The molecule has 2 heterocycles. The van der Waals surface area contributed by atoms with E-state index in [1.165, 1.54) is 12.1 Å². The second-order valence-electron chi connectivity index (χ2n) is 6.78. The van der Waals surface area contributed by atoms with Crippen LogP contribution in [0.1, 0.15) is 16.2 Å². The Bertz CT molecular complexity index is 985. The molecule has 1 aliphatic rings. The quantitative estimate of drug-likeness (QED) is 0.701. The number of aryl methyl sites for hydroxylation is 1. The predicted octanol–water partition coefficient (Wildman–Crippen LogP) is 3.55. The van der Waals surface area contributed by atoms with E-state index in [9.17, 15) is 9.18 Å². The summed E-state index contributed by atoms with van der Waals surface area (Å²) in [5.74, 6) is 0.820. The zero-order valence-electron chi connectivity index (χ0n) is 15.7. The number of hydrogen-bond acceptors (Lipinski definition) is 4. The summed E-state index contributed by atoms with van der Waals surface area (Å²) in [4.78, 5) is 25.6. The molecule has 0 bridgehead atoms. The van der Waals surface area contributed by atoms with E-state index in [4.69, 9.17) is 0 Å². The van der Waals surface area contributed by atoms with E-state index in [2.05, 4.69) is 14.9 Å². The molecule has 1 saturated heterocycles. The van der Waals surface area contributed by atoms with Gasteiger partial charge in [-0.2, -0.15) is 0 Å². The number of benzene rings is 2. The van der Waals surface area contributed by atoms with E-state index in [1.807, 2.05) is 43.3 Å². The molecule has 4 rings (SSSR count). The molecular weight excluding hydrogens is 355 g/mol. The average molecular weight is 376 g/mol. The highest BCUT2D eigenvalue weighted by Crippen LogP contribution is 2.23. The monoisotopic (exact) mass is 376 g/mol. The lowest BCUT2D eigenvalue weighted by molar-refractivity contribution is 0.0742. The van der Waals surface area contributed by atoms with E-state index < -0.39 is 5.82 Å². The molecule has 28 heavy (non-hydrogen) atoms. The van der Waals surface area contributed by atoms with Gasteiger partial charge in [-0.15, -0.1) is 0 Å². The van der Waals surface area contributed by atoms with Crippen molar-refractivity contribution in [1.29, 1.82) is 0 Å². The molecule has 1 fully saturated rings. The fourth-order valence-electron chi connectivity index (χ4n) is 3.41. The van der Waals surface area contributed by atoms with Crippen LogP contribution in [0.2, 0.25) is 0 Å². The summed E-state index contributed by atoms with van der Waals surface area (Å²) in [6.45, 7) is 4.22. The SMILES string of the molecule is Cc1nc(-c2ccccc2)cc(N2CCN(C(=O)c3ccccc3F)CC2)n1. The Morgan fingerprint density at radius 3 is 2.32 bits per heavy atom. The first-order valence-corrected chi connectivity index (χ1v) is 9.32. The number of aromatic nitrogens is 2. The van der Waals surface area contributed by atoms with Crippen LogP contribution in [-0.2, 0) is 0 Å². The van der Waals surface area contributed by atoms with E-state index in [0.717, 1.165) is 17.1 Å². The van der Waals surface area contributed by atoms with Crippen LogP contribution in [-0.4, -0.2) is 47.0 Å². The molecule has 0 saturated carbocycles. The molecule has 142 valence electrons. The molecule has 0 unspecified atom stereocenters. The molecule has 0 spiro atoms. The highest BCUT2D eigenvalue weighted by molar-refractivity contribution is 5.94. The molecule has 3 aromatic rings. The summed E-state index contributed by atoms with van der Waals surface area (Å²) >= 11 is 0. The Hall–Kier alpha value is -3.28. The summed E-state index contributed by atoms with van der Waals surface area (Å²) < 4.78 is 13.9. The first kappa shape index (κ1) is 18.1. The molecule has 0 radical (unpaired) electrons. The lowest BCUT2D eigenvalue weighted by Gasteiger charge is -2.35. The maximum absolute atomic E-state index is 13.9. The Labute approximate surface area is 163 Å². The van der Waals surface area contributed by atoms with E-state index in [1.54, 1.807) is 17.0 Å². The lowest BCUT2D eigenvalue weighted by atomic mass is 10.1. The van der Waals surface area contributed by atoms with E-state index in [-0.39, 0.29) is 11.5 Å². The first-order valence-electron chi connectivity index (χ1n) is 9.32. The Morgan fingerprint density at radius 2 is 1.61 bits per heavy atom. The minimum atomic E-state index is -0.478. The summed E-state index contributed by atoms with van der Waals surface area (Å²) in [6, 6.07) is 18.1. The van der Waals surface area contributed by atoms with Crippen molar-refractivity contribution in [3.63, 3.8) is 0 Å². The van der Waals surface area contributed by atoms with Gasteiger partial charge in [-0.05, 0) is 19.1 Å².